The predicted octanol–water partition coefficient (Wildman–Crippen LogP) is 2.83. The molecule has 0 amide bonds. The second kappa shape index (κ2) is 4.08. The van der Waals surface area contributed by atoms with Gasteiger partial charge >= 0.3 is 68.5 Å². The van der Waals surface area contributed by atoms with Crippen LogP contribution < -0.4 is 0 Å². The summed E-state index contributed by atoms with van der Waals surface area (Å²) in [4.78, 5) is 6.96. The van der Waals surface area contributed by atoms with Gasteiger partial charge in [0.05, 0.1) is 0 Å². The molecule has 10 heavy (non-hydrogen) atoms. The molecular weight excluding hydrogens is 227 g/mol. The molecule has 0 heterocycles. The van der Waals surface area contributed by atoms with Gasteiger partial charge in [-0.1, -0.05) is 0 Å². The van der Waals surface area contributed by atoms with Crippen molar-refractivity contribution in [3.8, 4) is 9.86 Å². The Balaban J connectivity index is 4.07. The minimum absolute atomic E-state index is 1.29. The zero-order valence-corrected chi connectivity index (χ0v) is 10.4. The monoisotopic (exact) mass is 244 g/mol. The molecule has 0 rings (SSSR count). The van der Waals surface area contributed by atoms with Crippen molar-refractivity contribution in [2.45, 2.75) is 28.7 Å². The molecule has 0 aromatic carbocycles. The molecule has 0 nitrogen and oxygen atoms in total. The topological polar surface area (TPSA) is 0 Å². The van der Waals surface area contributed by atoms with Gasteiger partial charge in [-0.2, -0.15) is 0 Å². The van der Waals surface area contributed by atoms with Crippen molar-refractivity contribution in [2.24, 2.45) is 0 Å². The van der Waals surface area contributed by atoms with Crippen molar-refractivity contribution < 1.29 is 0 Å². The van der Waals surface area contributed by atoms with Gasteiger partial charge < -0.3 is 0 Å². The van der Waals surface area contributed by atoms with Crippen LogP contribution in [0.5, 0.6) is 0 Å². The van der Waals surface area contributed by atoms with Crippen LogP contribution in [0.15, 0.2) is 11.6 Å². The third-order valence-corrected chi connectivity index (χ3v) is 3.36. The van der Waals surface area contributed by atoms with Crippen LogP contribution in [0.3, 0.4) is 0 Å². The van der Waals surface area contributed by atoms with Crippen LogP contribution in [-0.2, 0) is 0 Å². The van der Waals surface area contributed by atoms with Gasteiger partial charge in [-0.05, 0) is 0 Å². The van der Waals surface area contributed by atoms with Crippen LogP contribution in [0, 0.1) is 9.86 Å². The fourth-order valence-electron chi connectivity index (χ4n) is 0.397. The van der Waals surface area contributed by atoms with Crippen LogP contribution in [-0.4, -0.2) is 18.4 Å². The molecule has 0 aliphatic rings. The molecule has 0 saturated heterocycles. The molecule has 0 aliphatic carbocycles. The van der Waals surface area contributed by atoms with Crippen molar-refractivity contribution in [3.05, 3.63) is 11.6 Å². The second-order valence-electron chi connectivity index (χ2n) is 3.74. The van der Waals surface area contributed by atoms with Gasteiger partial charge in [0.15, 0.2) is 0 Å². The van der Waals surface area contributed by atoms with Gasteiger partial charge in [-0.15, -0.1) is 0 Å². The van der Waals surface area contributed by atoms with E-state index in [1.165, 1.54) is 5.57 Å². The van der Waals surface area contributed by atoms with Crippen LogP contribution in [0.1, 0.15) is 13.8 Å². The Hall–Kier alpha value is 0.0987. The normalized spacial score (nSPS) is 9.70. The average Bonchev–Trinajstić information content (AvgIpc) is 1.59. The first-order valence-corrected chi connectivity index (χ1v) is 13.6. The molecule has 0 aliphatic heterocycles. The summed E-state index contributed by atoms with van der Waals surface area (Å²) in [6.45, 7) is 4.15. The van der Waals surface area contributed by atoms with E-state index in [1.807, 2.05) is 6.08 Å². The van der Waals surface area contributed by atoms with E-state index in [2.05, 4.69) is 38.5 Å². The summed E-state index contributed by atoms with van der Waals surface area (Å²) in [6.07, 6.45) is 2.00. The van der Waals surface area contributed by atoms with Gasteiger partial charge in [-0.3, -0.25) is 0 Å². The Kier molecular flexibility index (Phi) is 4.12. The number of rotatable bonds is 0. The van der Waals surface area contributed by atoms with E-state index < -0.39 is 18.4 Å². The van der Waals surface area contributed by atoms with Gasteiger partial charge in [-0.25, -0.2) is 0 Å². The molecule has 0 saturated carbocycles. The van der Waals surface area contributed by atoms with Crippen LogP contribution >= 0.6 is 0 Å². The molecule has 0 fully saturated rings. The summed E-state index contributed by atoms with van der Waals surface area (Å²) in [6, 6.07) is 0. The van der Waals surface area contributed by atoms with E-state index in [1.54, 1.807) is 0 Å². The van der Waals surface area contributed by atoms with Gasteiger partial charge in [0.25, 0.3) is 0 Å². The number of hydrogen-bond donors (Lipinski definition) is 0. The number of allylic oxidation sites excluding steroid dienone is 2. The average molecular weight is 243 g/mol. The van der Waals surface area contributed by atoms with Crippen molar-refractivity contribution in [1.29, 1.82) is 0 Å². The maximum atomic E-state index is 3.34. The molecule has 0 spiro atoms. The molecule has 0 atom stereocenters. The molecule has 0 bridgehead atoms. The van der Waals surface area contributed by atoms with Crippen molar-refractivity contribution >= 4 is 18.4 Å². The van der Waals surface area contributed by atoms with Crippen molar-refractivity contribution in [3.63, 3.8) is 0 Å². The predicted molar refractivity (Wildman–Crippen MR) is 50.6 cm³/mol. The fourth-order valence-corrected chi connectivity index (χ4v) is 1.84. The molecule has 0 radical (unpaired) electrons. The summed E-state index contributed by atoms with van der Waals surface area (Å²) in [5, 5.41) is 0. The summed E-state index contributed by atoms with van der Waals surface area (Å²) >= 11 is -1.78. The van der Waals surface area contributed by atoms with E-state index in [9.17, 15) is 0 Å². The first-order chi connectivity index (χ1) is 4.42. The van der Waals surface area contributed by atoms with E-state index in [4.69, 9.17) is 0 Å². The van der Waals surface area contributed by atoms with Gasteiger partial charge in [0.2, 0.25) is 0 Å². The van der Waals surface area contributed by atoms with Crippen LogP contribution in [0.2, 0.25) is 14.8 Å². The zero-order valence-electron chi connectivity index (χ0n) is 7.58. The van der Waals surface area contributed by atoms with Crippen molar-refractivity contribution in [1.82, 2.24) is 0 Å². The van der Waals surface area contributed by atoms with Crippen LogP contribution in [0.4, 0.5) is 0 Å². The first kappa shape index (κ1) is 10.1. The third-order valence-electron chi connectivity index (χ3n) is 0.808. The Labute approximate surface area is 68.6 Å². The van der Waals surface area contributed by atoms with E-state index in [0.29, 0.717) is 0 Å². The Morgan fingerprint density at radius 2 is 1.70 bits per heavy atom. The molecule has 0 N–H and O–H groups in total. The van der Waals surface area contributed by atoms with E-state index >= 15 is 0 Å². The second-order valence-corrected chi connectivity index (χ2v) is 17.3. The molecule has 1 heteroatoms. The zero-order chi connectivity index (χ0) is 8.20. The standard InChI is InChI=1S/C6H7.3CH3.Sn/c1-4-5-6(2)3;;;;/h5H,2-3H3;3*1H3;. The SMILES string of the molecule is CC(C)=CC#[C][Sn]([CH3])([CH3])[CH3]. The summed E-state index contributed by atoms with van der Waals surface area (Å²) in [5.41, 5.74) is 1.29. The maximum absolute atomic E-state index is 3.34. The van der Waals surface area contributed by atoms with E-state index in [-0.39, 0.29) is 0 Å². The minimum atomic E-state index is -1.78. The summed E-state index contributed by atoms with van der Waals surface area (Å²) in [5.74, 6) is 3.11. The van der Waals surface area contributed by atoms with Gasteiger partial charge in [0.1, 0.15) is 0 Å². The van der Waals surface area contributed by atoms with Crippen molar-refractivity contribution in [2.75, 3.05) is 0 Å². The first-order valence-electron chi connectivity index (χ1n) is 3.58. The summed E-state index contributed by atoms with van der Waals surface area (Å²) < 4.78 is 3.34. The Morgan fingerprint density at radius 1 is 1.20 bits per heavy atom. The fraction of sp³-hybridized carbons (Fsp3) is 0.556. The molecule has 0 aromatic heterocycles. The number of hydrogen-bond acceptors (Lipinski definition) is 0. The van der Waals surface area contributed by atoms with Gasteiger partial charge in [0, 0.05) is 0 Å². The molecule has 0 unspecified atom stereocenters. The Bertz CT molecular complexity index is 179. The molecule has 56 valence electrons. The van der Waals surface area contributed by atoms with Crippen LogP contribution in [0.25, 0.3) is 0 Å². The third kappa shape index (κ3) is 8.10. The summed E-state index contributed by atoms with van der Waals surface area (Å²) in [7, 11) is 0. The quantitative estimate of drug-likeness (QED) is 0.453. The molecule has 0 aromatic rings. The Morgan fingerprint density at radius 3 is 2.00 bits per heavy atom. The van der Waals surface area contributed by atoms with E-state index in [0.717, 1.165) is 0 Å². The molecular formula is C9H16Sn.